The van der Waals surface area contributed by atoms with E-state index in [2.05, 4.69) is 89.4 Å². The summed E-state index contributed by atoms with van der Waals surface area (Å²) < 4.78 is 4.34. The minimum atomic E-state index is 1.12. The zero-order chi connectivity index (χ0) is 17.5. The molecule has 0 radical (unpaired) electrons. The summed E-state index contributed by atoms with van der Waals surface area (Å²) >= 11 is 0. The highest BCUT2D eigenvalue weighted by molar-refractivity contribution is 5.69. The maximum Gasteiger partial charge on any atom is 0.169 e. The molecule has 2 heterocycles. The third-order valence-electron chi connectivity index (χ3n) is 4.69. The van der Waals surface area contributed by atoms with Crippen LogP contribution >= 0.6 is 0 Å². The van der Waals surface area contributed by atoms with E-state index in [1.807, 2.05) is 7.05 Å². The third-order valence-corrected chi connectivity index (χ3v) is 4.69. The number of hydrogen-bond donors (Lipinski definition) is 0. The molecule has 128 valence electrons. The van der Waals surface area contributed by atoms with Crippen LogP contribution in [0.15, 0.2) is 73.3 Å². The van der Waals surface area contributed by atoms with Gasteiger partial charge in [0.05, 0.1) is 0 Å². The summed E-state index contributed by atoms with van der Waals surface area (Å²) in [5.74, 6) is 0. The largest absolute Gasteiger partial charge is 0.208 e. The summed E-state index contributed by atoms with van der Waals surface area (Å²) in [6, 6.07) is 17.6. The summed E-state index contributed by atoms with van der Waals surface area (Å²) in [6.07, 6.45) is 13.8. The number of unbranched alkanes of at least 4 members (excludes halogenated alkanes) is 3. The molecule has 2 nitrogen and oxygen atoms in total. The Morgan fingerprint density at radius 2 is 1.08 bits per heavy atom. The number of rotatable bonds is 7. The van der Waals surface area contributed by atoms with Gasteiger partial charge in [0.2, 0.25) is 0 Å². The Hall–Kier alpha value is -2.48. The van der Waals surface area contributed by atoms with Gasteiger partial charge < -0.3 is 0 Å². The summed E-state index contributed by atoms with van der Waals surface area (Å²) in [5, 5.41) is 0. The smallest absolute Gasteiger partial charge is 0.169 e. The lowest BCUT2D eigenvalue weighted by Gasteiger charge is -2.04. The Labute approximate surface area is 151 Å². The molecule has 0 spiro atoms. The van der Waals surface area contributed by atoms with Crippen LogP contribution in [0.4, 0.5) is 0 Å². The van der Waals surface area contributed by atoms with E-state index in [0.717, 1.165) is 6.54 Å². The lowest BCUT2D eigenvalue weighted by atomic mass is 10.0. The van der Waals surface area contributed by atoms with Gasteiger partial charge in [0.15, 0.2) is 24.8 Å². The van der Waals surface area contributed by atoms with Gasteiger partial charge in [0, 0.05) is 30.7 Å². The molecule has 2 aromatic heterocycles. The molecule has 0 saturated heterocycles. The molecule has 3 aromatic rings. The summed E-state index contributed by atoms with van der Waals surface area (Å²) in [4.78, 5) is 0. The van der Waals surface area contributed by atoms with Crippen LogP contribution in [0.1, 0.15) is 32.6 Å². The molecule has 0 fully saturated rings. The van der Waals surface area contributed by atoms with Gasteiger partial charge in [-0.25, -0.2) is 9.13 Å². The van der Waals surface area contributed by atoms with E-state index in [-0.39, 0.29) is 0 Å². The average Bonchev–Trinajstić information content (AvgIpc) is 2.67. The molecule has 25 heavy (non-hydrogen) atoms. The van der Waals surface area contributed by atoms with Crippen molar-refractivity contribution in [3.05, 3.63) is 73.3 Å². The van der Waals surface area contributed by atoms with Gasteiger partial charge in [-0.3, -0.25) is 0 Å². The quantitative estimate of drug-likeness (QED) is 0.437. The van der Waals surface area contributed by atoms with Crippen molar-refractivity contribution < 1.29 is 9.13 Å². The molecular formula is C23H28N2+2. The van der Waals surface area contributed by atoms with E-state index in [9.17, 15) is 0 Å². The van der Waals surface area contributed by atoms with Crippen molar-refractivity contribution in [1.82, 2.24) is 0 Å². The van der Waals surface area contributed by atoms with Gasteiger partial charge in [0.1, 0.15) is 13.6 Å². The highest BCUT2D eigenvalue weighted by Crippen LogP contribution is 2.23. The number of aromatic nitrogens is 2. The summed E-state index contributed by atoms with van der Waals surface area (Å²) in [7, 11) is 2.04. The van der Waals surface area contributed by atoms with Gasteiger partial charge in [-0.2, -0.15) is 0 Å². The number of aryl methyl sites for hydroxylation is 2. The van der Waals surface area contributed by atoms with E-state index in [4.69, 9.17) is 0 Å². The molecule has 0 amide bonds. The molecular weight excluding hydrogens is 304 g/mol. The van der Waals surface area contributed by atoms with E-state index in [0.29, 0.717) is 0 Å². The highest BCUT2D eigenvalue weighted by atomic mass is 14.9. The zero-order valence-corrected chi connectivity index (χ0v) is 15.4. The standard InChI is InChI=1S/C23H28N2/c1-3-4-5-6-15-25-18-13-23(14-19-25)21-9-7-20(8-10-21)22-11-16-24(2)17-12-22/h7-14,16-19H,3-6,15H2,1-2H3/q+2. The topological polar surface area (TPSA) is 7.76 Å². The molecule has 3 rings (SSSR count). The van der Waals surface area contributed by atoms with E-state index >= 15 is 0 Å². The third kappa shape index (κ3) is 4.76. The molecule has 0 aliphatic carbocycles. The summed E-state index contributed by atoms with van der Waals surface area (Å²) in [5.41, 5.74) is 5.05. The van der Waals surface area contributed by atoms with Crippen LogP contribution in [0.2, 0.25) is 0 Å². The SMILES string of the molecule is CCCCCC[n+]1ccc(-c2ccc(-c3cc[n+](C)cc3)cc2)cc1. The van der Waals surface area contributed by atoms with Crippen molar-refractivity contribution in [3.8, 4) is 22.3 Å². The van der Waals surface area contributed by atoms with Crippen LogP contribution in [0.5, 0.6) is 0 Å². The molecule has 0 saturated carbocycles. The first-order valence-electron chi connectivity index (χ1n) is 9.31. The van der Waals surface area contributed by atoms with Gasteiger partial charge in [-0.15, -0.1) is 0 Å². The fraction of sp³-hybridized carbons (Fsp3) is 0.304. The van der Waals surface area contributed by atoms with Crippen molar-refractivity contribution in [2.75, 3.05) is 0 Å². The molecule has 1 aromatic carbocycles. The van der Waals surface area contributed by atoms with Gasteiger partial charge >= 0.3 is 0 Å². The predicted molar refractivity (Wildman–Crippen MR) is 103 cm³/mol. The minimum Gasteiger partial charge on any atom is -0.208 e. The van der Waals surface area contributed by atoms with Gasteiger partial charge in [-0.05, 0) is 28.7 Å². The first-order chi connectivity index (χ1) is 12.3. The van der Waals surface area contributed by atoms with Crippen LogP contribution in [-0.2, 0) is 13.6 Å². The molecule has 0 aliphatic heterocycles. The Balaban J connectivity index is 1.66. The molecule has 0 N–H and O–H groups in total. The lowest BCUT2D eigenvalue weighted by molar-refractivity contribution is -0.697. The fourth-order valence-electron chi connectivity index (χ4n) is 3.07. The molecule has 0 unspecified atom stereocenters. The van der Waals surface area contributed by atoms with Crippen LogP contribution in [0, 0.1) is 0 Å². The van der Waals surface area contributed by atoms with Crippen molar-refractivity contribution >= 4 is 0 Å². The first-order valence-corrected chi connectivity index (χ1v) is 9.31. The monoisotopic (exact) mass is 332 g/mol. The molecule has 0 atom stereocenters. The maximum absolute atomic E-state index is 2.29. The van der Waals surface area contributed by atoms with Crippen LogP contribution in [-0.4, -0.2) is 0 Å². The maximum atomic E-state index is 2.29. The average molecular weight is 332 g/mol. The van der Waals surface area contributed by atoms with Crippen molar-refractivity contribution in [3.63, 3.8) is 0 Å². The predicted octanol–water partition coefficient (Wildman–Crippen LogP) is 4.71. The minimum absolute atomic E-state index is 1.12. The van der Waals surface area contributed by atoms with Crippen LogP contribution < -0.4 is 9.13 Å². The fourth-order valence-corrected chi connectivity index (χ4v) is 3.07. The first kappa shape index (κ1) is 17.3. The van der Waals surface area contributed by atoms with Crippen molar-refractivity contribution in [1.29, 1.82) is 0 Å². The van der Waals surface area contributed by atoms with Gasteiger partial charge in [-0.1, -0.05) is 44.0 Å². The van der Waals surface area contributed by atoms with E-state index < -0.39 is 0 Å². The number of nitrogens with zero attached hydrogens (tertiary/aromatic N) is 2. The Bertz CT molecular complexity index is 772. The second-order valence-corrected chi connectivity index (χ2v) is 6.71. The Kier molecular flexibility index (Phi) is 5.95. The second-order valence-electron chi connectivity index (χ2n) is 6.71. The normalized spacial score (nSPS) is 10.8. The number of pyridine rings is 2. The number of hydrogen-bond acceptors (Lipinski definition) is 0. The second kappa shape index (κ2) is 8.57. The van der Waals surface area contributed by atoms with E-state index in [1.54, 1.807) is 0 Å². The summed E-state index contributed by atoms with van der Waals surface area (Å²) in [6.45, 7) is 3.37. The lowest BCUT2D eigenvalue weighted by Crippen LogP contribution is -2.32. The Morgan fingerprint density at radius 3 is 1.60 bits per heavy atom. The van der Waals surface area contributed by atoms with Gasteiger partial charge in [0.25, 0.3) is 0 Å². The Morgan fingerprint density at radius 1 is 0.600 bits per heavy atom. The molecule has 0 aliphatic rings. The number of benzene rings is 1. The molecule has 0 bridgehead atoms. The van der Waals surface area contributed by atoms with Crippen molar-refractivity contribution in [2.24, 2.45) is 7.05 Å². The van der Waals surface area contributed by atoms with Crippen LogP contribution in [0.3, 0.4) is 0 Å². The van der Waals surface area contributed by atoms with E-state index in [1.165, 1.54) is 47.9 Å². The molecule has 2 heteroatoms. The van der Waals surface area contributed by atoms with Crippen molar-refractivity contribution in [2.45, 2.75) is 39.2 Å². The van der Waals surface area contributed by atoms with Crippen LogP contribution in [0.25, 0.3) is 22.3 Å². The highest BCUT2D eigenvalue weighted by Gasteiger charge is 2.04. The zero-order valence-electron chi connectivity index (χ0n) is 15.4.